The number of anilines is 2. The van der Waals surface area contributed by atoms with Gasteiger partial charge in [-0.15, -0.1) is 0 Å². The summed E-state index contributed by atoms with van der Waals surface area (Å²) in [6.07, 6.45) is 2.71. The summed E-state index contributed by atoms with van der Waals surface area (Å²) in [6.45, 7) is 2.44. The molecule has 3 aliphatic rings. The molecule has 1 atom stereocenters. The van der Waals surface area contributed by atoms with Crippen LogP contribution >= 0.6 is 0 Å². The molecule has 1 aromatic rings. The maximum Gasteiger partial charge on any atom is 0.259 e. The molecule has 0 radical (unpaired) electrons. The molecule has 4 rings (SSSR count). The molecule has 160 valence electrons. The van der Waals surface area contributed by atoms with E-state index in [-0.39, 0.29) is 30.1 Å². The van der Waals surface area contributed by atoms with E-state index in [9.17, 15) is 22.0 Å². The molecule has 11 heteroatoms. The maximum absolute atomic E-state index is 13.6. The fourth-order valence-corrected chi connectivity index (χ4v) is 5.18. The first-order valence-corrected chi connectivity index (χ1v) is 11.7. The van der Waals surface area contributed by atoms with Crippen LogP contribution in [0.5, 0.6) is 0 Å². The molecular formula is C18H25F2N5O3S. The van der Waals surface area contributed by atoms with Gasteiger partial charge in [-0.1, -0.05) is 6.92 Å². The van der Waals surface area contributed by atoms with Crippen LogP contribution in [-0.4, -0.2) is 66.5 Å². The highest BCUT2D eigenvalue weighted by atomic mass is 32.2. The van der Waals surface area contributed by atoms with Gasteiger partial charge in [0.15, 0.2) is 0 Å². The van der Waals surface area contributed by atoms with Crippen molar-refractivity contribution in [3.8, 4) is 0 Å². The Labute approximate surface area is 168 Å². The van der Waals surface area contributed by atoms with Crippen molar-refractivity contribution in [3.63, 3.8) is 0 Å². The van der Waals surface area contributed by atoms with Crippen molar-refractivity contribution in [1.82, 2.24) is 14.3 Å². The summed E-state index contributed by atoms with van der Waals surface area (Å²) in [4.78, 5) is 22.9. The SMILES string of the molecule is CCC(C(F)F)N1C(=O)C2(CC2)c2cnc(NC3CCN(S(C)(=O)=O)CC3)nc21. The lowest BCUT2D eigenvalue weighted by atomic mass is 10.0. The summed E-state index contributed by atoms with van der Waals surface area (Å²) in [6, 6.07) is -1.23. The van der Waals surface area contributed by atoms with E-state index in [1.165, 1.54) is 15.5 Å². The van der Waals surface area contributed by atoms with E-state index in [0.717, 1.165) is 0 Å². The van der Waals surface area contributed by atoms with Crippen LogP contribution in [0.25, 0.3) is 0 Å². The molecular weight excluding hydrogens is 404 g/mol. The molecule has 2 aliphatic heterocycles. The lowest BCUT2D eigenvalue weighted by Crippen LogP contribution is -2.44. The average molecular weight is 429 g/mol. The second-order valence-corrected chi connectivity index (χ2v) is 10.1. The van der Waals surface area contributed by atoms with E-state index >= 15 is 0 Å². The minimum Gasteiger partial charge on any atom is -0.351 e. The van der Waals surface area contributed by atoms with Gasteiger partial charge in [-0.05, 0) is 32.1 Å². The van der Waals surface area contributed by atoms with Gasteiger partial charge in [0.05, 0.1) is 17.7 Å². The number of hydrogen-bond acceptors (Lipinski definition) is 6. The van der Waals surface area contributed by atoms with Crippen molar-refractivity contribution in [2.24, 2.45) is 0 Å². The van der Waals surface area contributed by atoms with E-state index in [0.29, 0.717) is 44.3 Å². The van der Waals surface area contributed by atoms with E-state index in [4.69, 9.17) is 0 Å². The van der Waals surface area contributed by atoms with Gasteiger partial charge in [0, 0.05) is 30.9 Å². The highest BCUT2D eigenvalue weighted by Crippen LogP contribution is 2.57. The first kappa shape index (κ1) is 20.4. The minimum atomic E-state index is -3.21. The fourth-order valence-electron chi connectivity index (χ4n) is 4.31. The molecule has 1 N–H and O–H groups in total. The van der Waals surface area contributed by atoms with E-state index < -0.39 is 27.9 Å². The first-order chi connectivity index (χ1) is 13.7. The van der Waals surface area contributed by atoms with Crippen LogP contribution < -0.4 is 10.2 Å². The molecule has 2 fully saturated rings. The molecule has 0 bridgehead atoms. The van der Waals surface area contributed by atoms with E-state index in [1.54, 1.807) is 13.1 Å². The number of piperidine rings is 1. The van der Waals surface area contributed by atoms with Crippen molar-refractivity contribution in [2.45, 2.75) is 63.0 Å². The number of aromatic nitrogens is 2. The number of amides is 1. The Morgan fingerprint density at radius 2 is 1.97 bits per heavy atom. The first-order valence-electron chi connectivity index (χ1n) is 9.88. The van der Waals surface area contributed by atoms with Gasteiger partial charge >= 0.3 is 0 Å². The fraction of sp³-hybridized carbons (Fsp3) is 0.722. The second-order valence-electron chi connectivity index (χ2n) is 8.08. The molecule has 3 heterocycles. The standard InChI is InChI=1S/C18H25F2N5O3S/c1-3-13(14(19)20)25-15-12(18(6-7-18)16(25)26)10-21-17(23-15)22-11-4-8-24(9-5-11)29(2,27)28/h10-11,13-14H,3-9H2,1-2H3,(H,21,22,23). The maximum atomic E-state index is 13.6. The van der Waals surface area contributed by atoms with Gasteiger partial charge < -0.3 is 5.32 Å². The Kier molecular flexibility index (Phi) is 5.01. The Bertz CT molecular complexity index is 914. The number of fused-ring (bicyclic) bond motifs is 2. The summed E-state index contributed by atoms with van der Waals surface area (Å²) in [7, 11) is -3.21. The molecule has 1 spiro atoms. The lowest BCUT2D eigenvalue weighted by molar-refractivity contribution is -0.121. The summed E-state index contributed by atoms with van der Waals surface area (Å²) in [5, 5.41) is 3.18. The Hall–Kier alpha value is -1.88. The third kappa shape index (κ3) is 3.48. The molecule has 8 nitrogen and oxygen atoms in total. The van der Waals surface area contributed by atoms with E-state index in [1.807, 2.05) is 0 Å². The molecule has 1 amide bonds. The second kappa shape index (κ2) is 7.12. The number of halogens is 2. The summed E-state index contributed by atoms with van der Waals surface area (Å²) >= 11 is 0. The smallest absolute Gasteiger partial charge is 0.259 e. The minimum absolute atomic E-state index is 0.0245. The van der Waals surface area contributed by atoms with Gasteiger partial charge in [0.1, 0.15) is 5.82 Å². The van der Waals surface area contributed by atoms with Gasteiger partial charge in [-0.25, -0.2) is 26.5 Å². The van der Waals surface area contributed by atoms with Crippen LogP contribution in [0.1, 0.15) is 44.6 Å². The third-order valence-corrected chi connectivity index (χ3v) is 7.49. The quantitative estimate of drug-likeness (QED) is 0.740. The van der Waals surface area contributed by atoms with Crippen molar-refractivity contribution in [3.05, 3.63) is 11.8 Å². The van der Waals surface area contributed by atoms with Crippen LogP contribution in [0.3, 0.4) is 0 Å². The normalized spacial score (nSPS) is 22.9. The number of nitrogens with one attached hydrogen (secondary N) is 1. The largest absolute Gasteiger partial charge is 0.351 e. The lowest BCUT2D eigenvalue weighted by Gasteiger charge is -2.31. The Morgan fingerprint density at radius 3 is 2.48 bits per heavy atom. The topological polar surface area (TPSA) is 95.5 Å². The highest BCUT2D eigenvalue weighted by Gasteiger charge is 2.62. The molecule has 1 aromatic heterocycles. The highest BCUT2D eigenvalue weighted by molar-refractivity contribution is 7.88. The molecule has 1 saturated heterocycles. The van der Waals surface area contributed by atoms with Crippen LogP contribution in [0.4, 0.5) is 20.5 Å². The number of carbonyl (C=O) groups is 1. The van der Waals surface area contributed by atoms with E-state index in [2.05, 4.69) is 15.3 Å². The van der Waals surface area contributed by atoms with Crippen LogP contribution in [0.2, 0.25) is 0 Å². The molecule has 1 aliphatic carbocycles. The monoisotopic (exact) mass is 429 g/mol. The van der Waals surface area contributed by atoms with Crippen molar-refractivity contribution >= 4 is 27.7 Å². The van der Waals surface area contributed by atoms with Crippen LogP contribution in [-0.2, 0) is 20.2 Å². The molecule has 1 saturated carbocycles. The Balaban J connectivity index is 1.55. The van der Waals surface area contributed by atoms with Crippen molar-refractivity contribution in [1.29, 1.82) is 0 Å². The number of nitrogens with zero attached hydrogens (tertiary/aromatic N) is 4. The van der Waals surface area contributed by atoms with Gasteiger partial charge in [-0.3, -0.25) is 9.69 Å². The molecule has 0 aromatic carbocycles. The van der Waals surface area contributed by atoms with Crippen LogP contribution in [0, 0.1) is 0 Å². The van der Waals surface area contributed by atoms with Gasteiger partial charge in [0.25, 0.3) is 6.43 Å². The summed E-state index contributed by atoms with van der Waals surface area (Å²) in [5.41, 5.74) is -0.0872. The summed E-state index contributed by atoms with van der Waals surface area (Å²) < 4.78 is 51.9. The number of rotatable bonds is 6. The van der Waals surface area contributed by atoms with Crippen LogP contribution in [0.15, 0.2) is 6.20 Å². The van der Waals surface area contributed by atoms with Crippen molar-refractivity contribution in [2.75, 3.05) is 29.6 Å². The number of hydrogen-bond donors (Lipinski definition) is 1. The molecule has 29 heavy (non-hydrogen) atoms. The number of carbonyl (C=O) groups excluding carboxylic acids is 1. The predicted molar refractivity (Wildman–Crippen MR) is 104 cm³/mol. The van der Waals surface area contributed by atoms with Gasteiger partial charge in [-0.2, -0.15) is 4.98 Å². The Morgan fingerprint density at radius 1 is 1.31 bits per heavy atom. The number of alkyl halides is 2. The third-order valence-electron chi connectivity index (χ3n) is 6.19. The zero-order valence-electron chi connectivity index (χ0n) is 16.4. The predicted octanol–water partition coefficient (Wildman–Crippen LogP) is 1.73. The number of sulfonamides is 1. The summed E-state index contributed by atoms with van der Waals surface area (Å²) in [5.74, 6) is 0.263. The zero-order chi connectivity index (χ0) is 21.0. The zero-order valence-corrected chi connectivity index (χ0v) is 17.3. The molecule has 1 unspecified atom stereocenters. The van der Waals surface area contributed by atoms with Gasteiger partial charge in [0.2, 0.25) is 21.9 Å². The average Bonchev–Trinajstić information content (AvgIpc) is 3.42. The van der Waals surface area contributed by atoms with Crippen molar-refractivity contribution < 1.29 is 22.0 Å².